The third-order valence-electron chi connectivity index (χ3n) is 6.63. The molecule has 0 aliphatic carbocycles. The molecule has 39 heavy (non-hydrogen) atoms. The van der Waals surface area contributed by atoms with Crippen molar-refractivity contribution in [1.29, 1.82) is 0 Å². The SMILES string of the molecule is CC(C)c1nnc(-c2ccc(Oc3cc(-c4ccc5c(n4)NC(=O)CO5)ccc3CN3CCCC3=O)cc2)s1. The van der Waals surface area contributed by atoms with Crippen LogP contribution in [0.3, 0.4) is 0 Å². The van der Waals surface area contributed by atoms with Crippen molar-refractivity contribution in [3.63, 3.8) is 0 Å². The molecule has 6 rings (SSSR count). The Morgan fingerprint density at radius 1 is 1.05 bits per heavy atom. The molecule has 198 valence electrons. The van der Waals surface area contributed by atoms with Crippen LogP contribution in [0, 0.1) is 0 Å². The first-order valence-corrected chi connectivity index (χ1v) is 13.7. The van der Waals surface area contributed by atoms with Crippen LogP contribution in [0.4, 0.5) is 5.82 Å². The van der Waals surface area contributed by atoms with Crippen molar-refractivity contribution in [3.05, 3.63) is 65.2 Å². The molecule has 2 aromatic heterocycles. The number of pyridine rings is 1. The lowest BCUT2D eigenvalue weighted by Gasteiger charge is -2.20. The fourth-order valence-electron chi connectivity index (χ4n) is 4.52. The molecular formula is C29H27N5O4S. The number of rotatable bonds is 7. The standard InChI is InChI=1S/C29H27N5O4S/c1-17(2)28-32-33-29(39-28)18-7-9-21(10-8-18)38-24-14-19(5-6-20(24)15-34-13-3-4-26(34)36)22-11-12-23-27(30-22)31-25(35)16-37-23/h5-12,14,17H,3-4,13,15-16H2,1-2H3,(H,30,31,35). The molecule has 9 nitrogen and oxygen atoms in total. The maximum absolute atomic E-state index is 12.3. The molecule has 1 saturated heterocycles. The highest BCUT2D eigenvalue weighted by molar-refractivity contribution is 7.14. The van der Waals surface area contributed by atoms with Crippen molar-refractivity contribution in [2.75, 3.05) is 18.5 Å². The Balaban J connectivity index is 1.30. The van der Waals surface area contributed by atoms with Gasteiger partial charge in [-0.2, -0.15) is 0 Å². The summed E-state index contributed by atoms with van der Waals surface area (Å²) in [5, 5.41) is 13.2. The number of hydrogen-bond acceptors (Lipinski definition) is 8. The van der Waals surface area contributed by atoms with Crippen molar-refractivity contribution in [2.24, 2.45) is 0 Å². The molecule has 0 atom stereocenters. The molecule has 4 heterocycles. The zero-order valence-corrected chi connectivity index (χ0v) is 22.5. The van der Waals surface area contributed by atoms with Gasteiger partial charge in [0.15, 0.2) is 18.2 Å². The van der Waals surface area contributed by atoms with E-state index in [-0.39, 0.29) is 18.4 Å². The van der Waals surface area contributed by atoms with Gasteiger partial charge in [0.05, 0.1) is 5.69 Å². The van der Waals surface area contributed by atoms with Crippen LogP contribution in [-0.4, -0.2) is 45.0 Å². The Morgan fingerprint density at radius 3 is 2.62 bits per heavy atom. The number of nitrogens with zero attached hydrogens (tertiary/aromatic N) is 4. The zero-order chi connectivity index (χ0) is 26.9. The van der Waals surface area contributed by atoms with E-state index < -0.39 is 0 Å². The average Bonchev–Trinajstić information content (AvgIpc) is 3.59. The lowest BCUT2D eigenvalue weighted by molar-refractivity contribution is -0.128. The van der Waals surface area contributed by atoms with E-state index in [0.29, 0.717) is 47.6 Å². The Kier molecular flexibility index (Phi) is 6.70. The highest BCUT2D eigenvalue weighted by Crippen LogP contribution is 2.35. The Hall–Kier alpha value is -4.31. The van der Waals surface area contributed by atoms with E-state index in [4.69, 9.17) is 9.47 Å². The van der Waals surface area contributed by atoms with E-state index >= 15 is 0 Å². The van der Waals surface area contributed by atoms with Gasteiger partial charge >= 0.3 is 0 Å². The molecule has 0 saturated carbocycles. The van der Waals surface area contributed by atoms with Gasteiger partial charge in [-0.15, -0.1) is 10.2 Å². The predicted molar refractivity (Wildman–Crippen MR) is 148 cm³/mol. The van der Waals surface area contributed by atoms with E-state index in [1.54, 1.807) is 17.4 Å². The fourth-order valence-corrected chi connectivity index (χ4v) is 5.37. The van der Waals surface area contributed by atoms with Gasteiger partial charge in [0, 0.05) is 42.1 Å². The summed E-state index contributed by atoms with van der Waals surface area (Å²) in [5.74, 6) is 2.48. The maximum Gasteiger partial charge on any atom is 0.263 e. The molecule has 1 fully saturated rings. The largest absolute Gasteiger partial charge is 0.480 e. The lowest BCUT2D eigenvalue weighted by Crippen LogP contribution is -2.26. The van der Waals surface area contributed by atoms with Gasteiger partial charge in [-0.1, -0.05) is 37.3 Å². The second-order valence-electron chi connectivity index (χ2n) is 9.85. The third-order valence-corrected chi connectivity index (χ3v) is 7.91. The van der Waals surface area contributed by atoms with Crippen LogP contribution in [0.1, 0.15) is 43.2 Å². The average molecular weight is 542 g/mol. The van der Waals surface area contributed by atoms with Crippen molar-refractivity contribution in [3.8, 4) is 39.1 Å². The molecule has 1 N–H and O–H groups in total. The summed E-state index contributed by atoms with van der Waals surface area (Å²) in [6.45, 7) is 5.39. The number of ether oxygens (including phenoxy) is 2. The molecule has 0 unspecified atom stereocenters. The summed E-state index contributed by atoms with van der Waals surface area (Å²) in [4.78, 5) is 30.6. The summed E-state index contributed by atoms with van der Waals surface area (Å²) in [6.07, 6.45) is 1.44. The number of carbonyl (C=O) groups excluding carboxylic acids is 2. The van der Waals surface area contributed by atoms with Gasteiger partial charge in [-0.05, 0) is 48.9 Å². The van der Waals surface area contributed by atoms with E-state index in [9.17, 15) is 9.59 Å². The number of aromatic nitrogens is 3. The van der Waals surface area contributed by atoms with Gasteiger partial charge < -0.3 is 19.7 Å². The zero-order valence-electron chi connectivity index (χ0n) is 21.6. The topological polar surface area (TPSA) is 107 Å². The van der Waals surface area contributed by atoms with Gasteiger partial charge in [-0.3, -0.25) is 9.59 Å². The van der Waals surface area contributed by atoms with Crippen LogP contribution in [0.15, 0.2) is 54.6 Å². The van der Waals surface area contributed by atoms with Gasteiger partial charge in [0.2, 0.25) is 5.91 Å². The quantitative estimate of drug-likeness (QED) is 0.323. The van der Waals surface area contributed by atoms with Gasteiger partial charge in [0.1, 0.15) is 21.5 Å². The minimum atomic E-state index is -0.237. The fraction of sp³-hybridized carbons (Fsp3) is 0.276. The first kappa shape index (κ1) is 25.0. The number of likely N-dealkylation sites (tertiary alicyclic amines) is 1. The summed E-state index contributed by atoms with van der Waals surface area (Å²) in [6, 6.07) is 17.3. The summed E-state index contributed by atoms with van der Waals surface area (Å²) >= 11 is 1.59. The van der Waals surface area contributed by atoms with E-state index in [0.717, 1.165) is 39.7 Å². The number of anilines is 1. The van der Waals surface area contributed by atoms with Crippen molar-refractivity contribution in [2.45, 2.75) is 39.2 Å². The predicted octanol–water partition coefficient (Wildman–Crippen LogP) is 5.64. The van der Waals surface area contributed by atoms with Crippen molar-refractivity contribution in [1.82, 2.24) is 20.1 Å². The molecule has 4 aromatic rings. The molecule has 10 heteroatoms. The highest BCUT2D eigenvalue weighted by atomic mass is 32.1. The number of carbonyl (C=O) groups is 2. The minimum Gasteiger partial charge on any atom is -0.480 e. The number of fused-ring (bicyclic) bond motifs is 1. The van der Waals surface area contributed by atoms with E-state index in [1.165, 1.54) is 0 Å². The molecule has 2 amide bonds. The summed E-state index contributed by atoms with van der Waals surface area (Å²) < 4.78 is 11.8. The van der Waals surface area contributed by atoms with Crippen LogP contribution in [-0.2, 0) is 16.1 Å². The van der Waals surface area contributed by atoms with Crippen LogP contribution in [0.5, 0.6) is 17.2 Å². The highest BCUT2D eigenvalue weighted by Gasteiger charge is 2.23. The summed E-state index contributed by atoms with van der Waals surface area (Å²) in [5.41, 5.74) is 3.36. The molecule has 2 aromatic carbocycles. The van der Waals surface area contributed by atoms with E-state index in [1.807, 2.05) is 53.4 Å². The van der Waals surface area contributed by atoms with Crippen LogP contribution < -0.4 is 14.8 Å². The van der Waals surface area contributed by atoms with E-state index in [2.05, 4.69) is 34.3 Å². The minimum absolute atomic E-state index is 0.0212. The molecule has 2 aliphatic heterocycles. The Morgan fingerprint density at radius 2 is 1.87 bits per heavy atom. The summed E-state index contributed by atoms with van der Waals surface area (Å²) in [7, 11) is 0. The maximum atomic E-state index is 12.3. The smallest absolute Gasteiger partial charge is 0.263 e. The molecular weight excluding hydrogens is 514 g/mol. The molecule has 2 aliphatic rings. The Labute approximate surface area is 229 Å². The first-order valence-electron chi connectivity index (χ1n) is 12.9. The van der Waals surface area contributed by atoms with Crippen LogP contribution in [0.25, 0.3) is 21.8 Å². The monoisotopic (exact) mass is 541 g/mol. The number of nitrogens with one attached hydrogen (secondary N) is 1. The van der Waals surface area contributed by atoms with Crippen molar-refractivity contribution >= 4 is 29.0 Å². The first-order chi connectivity index (χ1) is 18.9. The van der Waals surface area contributed by atoms with Gasteiger partial charge in [0.25, 0.3) is 5.91 Å². The number of hydrogen-bond donors (Lipinski definition) is 1. The lowest BCUT2D eigenvalue weighted by atomic mass is 10.1. The normalized spacial score (nSPS) is 14.8. The second-order valence-corrected chi connectivity index (χ2v) is 10.9. The molecule has 0 bridgehead atoms. The number of benzene rings is 2. The Bertz CT molecular complexity index is 1550. The molecule has 0 spiro atoms. The van der Waals surface area contributed by atoms with Gasteiger partial charge in [-0.25, -0.2) is 4.98 Å². The van der Waals surface area contributed by atoms with Crippen LogP contribution in [0.2, 0.25) is 0 Å². The van der Waals surface area contributed by atoms with Crippen molar-refractivity contribution < 1.29 is 19.1 Å². The third kappa shape index (κ3) is 5.33. The number of amides is 2. The molecule has 0 radical (unpaired) electrons. The van der Waals surface area contributed by atoms with Crippen LogP contribution >= 0.6 is 11.3 Å². The second kappa shape index (κ2) is 10.5.